The van der Waals surface area contributed by atoms with Gasteiger partial charge in [-0.15, -0.1) is 22.6 Å². The molecule has 0 atom stereocenters. The van der Waals surface area contributed by atoms with Crippen LogP contribution in [-0.2, 0) is 57.3 Å². The van der Waals surface area contributed by atoms with Crippen molar-refractivity contribution in [3.63, 3.8) is 0 Å². The number of hydrogen-bond acceptors (Lipinski definition) is 23. The average molecular weight is 1780 g/mol. The van der Waals surface area contributed by atoms with Gasteiger partial charge < -0.3 is 86.8 Å². The van der Waals surface area contributed by atoms with E-state index in [1.54, 1.807) is 48.8 Å². The number of nitrogens with zero attached hydrogens (tertiary/aromatic N) is 1. The van der Waals surface area contributed by atoms with Crippen molar-refractivity contribution in [3.8, 4) is 0 Å². The zero-order valence-corrected chi connectivity index (χ0v) is 92.0. The first-order chi connectivity index (χ1) is 44.6. The Labute approximate surface area is 826 Å². The molecule has 0 amide bonds. The molecule has 0 saturated heterocycles. The van der Waals surface area contributed by atoms with Crippen LogP contribution >= 0.6 is 57.9 Å². The number of carbonyl (C=O) groups is 6. The zero-order chi connectivity index (χ0) is 86.6. The summed E-state index contributed by atoms with van der Waals surface area (Å²) < 4.78 is 55.5. The van der Waals surface area contributed by atoms with Crippen molar-refractivity contribution >= 4 is 130 Å². The van der Waals surface area contributed by atoms with E-state index in [1.165, 1.54) is 74.8 Å². The fourth-order valence-electron chi connectivity index (χ4n) is 0. The molecule has 0 aliphatic rings. The van der Waals surface area contributed by atoms with E-state index >= 15 is 0 Å². The van der Waals surface area contributed by atoms with Crippen molar-refractivity contribution in [2.24, 2.45) is 4.30 Å². The number of allylic oxidation sites excluding steroid dienone is 4. The van der Waals surface area contributed by atoms with Gasteiger partial charge in [-0.3, -0.25) is 23.6 Å². The monoisotopic (exact) mass is 1780 g/mol. The third-order valence-corrected chi connectivity index (χ3v) is 2.88. The molecule has 0 aliphatic carbocycles. The maximum absolute atomic E-state index is 11.2. The molecule has 37 heteroatoms. The third-order valence-electron chi connectivity index (χ3n) is 2.72. The summed E-state index contributed by atoms with van der Waals surface area (Å²) in [7, 11) is 10.4. The Hall–Kier alpha value is 3.26. The van der Waals surface area contributed by atoms with E-state index in [2.05, 4.69) is 109 Å². The Morgan fingerprint density at radius 2 is 0.670 bits per heavy atom. The maximum atomic E-state index is 11.2. The zero-order valence-electron chi connectivity index (χ0n) is 77.7. The molecule has 0 aromatic heterocycles. The van der Waals surface area contributed by atoms with E-state index in [-0.39, 0.29) is 244 Å². The van der Waals surface area contributed by atoms with Gasteiger partial charge in [0, 0.05) is 82.9 Å². The largest absolute Gasteiger partial charge is 1.00 e. The van der Waals surface area contributed by atoms with Gasteiger partial charge >= 0.3 is 241 Å². The van der Waals surface area contributed by atoms with Crippen molar-refractivity contribution in [2.45, 2.75) is 308 Å². The molecule has 0 aromatic rings. The van der Waals surface area contributed by atoms with Crippen molar-refractivity contribution < 1.29 is 303 Å². The Morgan fingerprint density at radius 3 is 0.670 bits per heavy atom. The van der Waals surface area contributed by atoms with Crippen LogP contribution in [0.15, 0.2) is 28.6 Å². The molecule has 0 heterocycles. The summed E-state index contributed by atoms with van der Waals surface area (Å²) in [4.78, 5) is 57.0. The molecule has 103 heavy (non-hydrogen) atoms. The Kier molecular flexibility index (Phi) is 934. The van der Waals surface area contributed by atoms with Crippen LogP contribution in [0.1, 0.15) is 286 Å². The summed E-state index contributed by atoms with van der Waals surface area (Å²) in [5.74, 6) is -1.32. The molecule has 0 aromatic carbocycles. The van der Waals surface area contributed by atoms with Gasteiger partial charge in [-0.25, -0.2) is 0 Å². The van der Waals surface area contributed by atoms with Crippen LogP contribution < -0.4 is 194 Å². The van der Waals surface area contributed by atoms with E-state index < -0.39 is 31.9 Å². The molecular formula is C66H172B4Br2F3K3NNaO21S2. The minimum atomic E-state index is -2.96. The summed E-state index contributed by atoms with van der Waals surface area (Å²) in [6.45, 7) is 71.7. The standard InChI is InChI=1S/C4H9O.C4H10.2C4H8.C3H6F2O.2C3H6O2.C3H6OS.C3H8O.C3H8.C2H5Br.C2H4O2.C2H6O.2C2H4O.8C2H6.2CH5BO2.CH3F.CH2O3.CH4O.CH4.BHNS.B.BrH.3K.Na.2H/c1-4(2,3)5;3*1-3-4-2;1-3(4,5)6-2;2*1-3(4)5-2;1-3(5)4-2;1-3-4-2;1-3-2;1-2-3;1-2(3)4;3*1-2-3;8*1-2;2*1-2(3)4;1-2;2-1-4-3;1-2;;1-2-3;;;;;;;;/h1-3H3;3-4H2,1-2H3;2*3-4H,1-2H3;1-2H3;3*1-2H3;3H2,1-2H3;3H2,1-2H3;2H2,1H3;1H3,(H,3,4);3H,2H2,1H3;2*2H,1H3;8*1-2H3;2*3-4H,1H3;1H3;1,3H;2H,1H3;1H4;3H;;1H;;;;;;/q-1;;;;;;;;;;;;;;;;;;;;;;;;;;;;;;;;4*+1;2*-1/p-1. The number of aliphatic carboxylic acids is 1. The van der Waals surface area contributed by atoms with Gasteiger partial charge in [-0.1, -0.05) is 233 Å². The van der Waals surface area contributed by atoms with Crippen LogP contribution in [0.3, 0.4) is 0 Å². The van der Waals surface area contributed by atoms with Gasteiger partial charge in [-0.05, 0) is 81.3 Å². The smallest absolute Gasteiger partial charge is 1.00 e. The molecule has 0 saturated carbocycles. The van der Waals surface area contributed by atoms with Crippen LogP contribution in [0, 0.1) is 0 Å². The number of aliphatic hydroxyl groups is 2. The fraction of sp³-hybridized carbons (Fsp3) is 0.833. The number of rotatable bonds is 4. The number of hydrogen-bond donors (Lipinski definition) is 8. The van der Waals surface area contributed by atoms with Crippen molar-refractivity contribution in [2.75, 3.05) is 68.4 Å². The van der Waals surface area contributed by atoms with Gasteiger partial charge in [0.25, 0.3) is 12.4 Å². The van der Waals surface area contributed by atoms with Crippen LogP contribution in [0.2, 0.25) is 13.6 Å². The van der Waals surface area contributed by atoms with Gasteiger partial charge in [0.05, 0.1) is 28.5 Å². The number of thiocarbonyl (C=S) groups is 1. The predicted octanol–water partition coefficient (Wildman–Crippen LogP) is 5.94. The van der Waals surface area contributed by atoms with Crippen LogP contribution in [0.5, 0.6) is 0 Å². The molecule has 7 N–H and O–H groups in total. The first kappa shape index (κ1) is 238. The molecule has 22 nitrogen and oxygen atoms in total. The number of carbonyl (C=O) groups excluding carboxylic acids is 5. The molecule has 630 valence electrons. The summed E-state index contributed by atoms with van der Waals surface area (Å²) in [6.07, 6.45) is 10.4. The number of thiol groups is 1. The second-order valence-electron chi connectivity index (χ2n) is 12.0. The first-order valence-electron chi connectivity index (χ1n) is 31.5. The Morgan fingerprint density at radius 1 is 0.602 bits per heavy atom. The van der Waals surface area contributed by atoms with E-state index in [0.717, 1.165) is 45.7 Å². The van der Waals surface area contributed by atoms with Gasteiger partial charge in [0.15, 0.2) is 5.05 Å². The van der Waals surface area contributed by atoms with E-state index in [9.17, 15) is 27.9 Å². The summed E-state index contributed by atoms with van der Waals surface area (Å²) in [5.41, 5.74) is -0.750. The number of carboxylic acid groups (broad SMARTS) is 1. The third kappa shape index (κ3) is 3770. The number of aldehydes is 2. The normalized spacial score (nSPS) is 6.04. The summed E-state index contributed by atoms with van der Waals surface area (Å²) in [5, 5.41) is 72.6. The SMILES string of the molecule is Br.C.CB(O)O.CB(O)O.CC.CC.CC.CC.CC.CC.CC.CC.CC(=O)O.CC(C)(C)[O-].CC=CC.CC=CC.CC=O.CC=O.CCBr.CCC.CCCC.CCO.CCOC.CF.CO.COC(C)(F)F.COC(C)=O.COC(C)=O.COC(C)=S.O=CO[O-].[B].[B]=NS.[H-].[H-].[K+].[K+].[K+].[Na+]. The number of methoxy groups -OCH3 is 5. The molecule has 0 aliphatic heterocycles. The first-order valence-corrected chi connectivity index (χ1v) is 33.4. The van der Waals surface area contributed by atoms with E-state index in [1.807, 2.05) is 177 Å². The second-order valence-corrected chi connectivity index (χ2v) is 13.9. The van der Waals surface area contributed by atoms with E-state index in [4.69, 9.17) is 59.9 Å². The number of alkyl halides is 4. The average Bonchev–Trinajstić information content (AvgIpc) is 3.56. The quantitative estimate of drug-likeness (QED) is 0.0186. The predicted molar refractivity (Wildman–Crippen MR) is 450 cm³/mol. The molecular weight excluding hydrogens is 1610 g/mol. The molecule has 4 radical (unpaired) electrons. The Balaban J connectivity index is -0.0000000123. The Bertz CT molecular complexity index is 985. The topological polar surface area (TPSA) is 358 Å². The number of halogens is 5. The molecule has 0 unspecified atom stereocenters. The van der Waals surface area contributed by atoms with Gasteiger partial charge in [0.2, 0.25) is 0 Å². The number of carboxylic acids is 1. The molecule has 0 spiro atoms. The molecule has 0 fully saturated rings. The van der Waals surface area contributed by atoms with Gasteiger partial charge in [0.1, 0.15) is 12.6 Å². The number of ether oxygens (including phenoxy) is 5. The van der Waals surface area contributed by atoms with Crippen molar-refractivity contribution in [3.05, 3.63) is 24.3 Å². The minimum Gasteiger partial charge on any atom is -1.00 e. The fourth-order valence-corrected chi connectivity index (χ4v) is 0. The number of esters is 2. The number of unbranched alkanes of at least 4 members (excludes halogenated alkanes) is 1. The molecule has 0 bridgehead atoms. The van der Waals surface area contributed by atoms with Crippen molar-refractivity contribution in [1.82, 2.24) is 0 Å². The molecule has 0 rings (SSSR count). The van der Waals surface area contributed by atoms with Crippen LogP contribution in [-0.4, -0.2) is 188 Å². The summed E-state index contributed by atoms with van der Waals surface area (Å²) in [6, 6.07) is 0. The summed E-state index contributed by atoms with van der Waals surface area (Å²) >= 11 is 10.8. The van der Waals surface area contributed by atoms with Crippen LogP contribution in [0.25, 0.3) is 0 Å². The maximum Gasteiger partial charge on any atom is 1.00 e. The van der Waals surface area contributed by atoms with Crippen LogP contribution in [0.4, 0.5) is 13.2 Å². The van der Waals surface area contributed by atoms with E-state index in [0.29, 0.717) is 19.2 Å². The van der Waals surface area contributed by atoms with Crippen molar-refractivity contribution in [1.29, 1.82) is 0 Å². The van der Waals surface area contributed by atoms with Gasteiger partial charge in [-0.2, -0.15) is 8.78 Å². The minimum absolute atomic E-state index is 0. The second kappa shape index (κ2) is 403. The number of aliphatic hydroxyl groups excluding tert-OH is 2.